The third kappa shape index (κ3) is 3.67. The molecule has 0 aliphatic rings. The van der Waals surface area contributed by atoms with Crippen LogP contribution >= 0.6 is 0 Å². The van der Waals surface area contributed by atoms with Crippen LogP contribution in [0.2, 0.25) is 0 Å². The normalized spacial score (nSPS) is 13.1. The number of carbonyl (C=O) groups excluding carboxylic acids is 1. The van der Waals surface area contributed by atoms with Crippen molar-refractivity contribution in [3.8, 4) is 0 Å². The Morgan fingerprint density at radius 1 is 1.31 bits per heavy atom. The molecule has 0 aliphatic heterocycles. The van der Waals surface area contributed by atoms with Gasteiger partial charge in [0, 0.05) is 5.41 Å². The van der Waals surface area contributed by atoms with Gasteiger partial charge in [-0.1, -0.05) is 20.8 Å². The number of nitrogens with one attached hydrogen (secondary N) is 1. The number of alkyl halides is 2. The van der Waals surface area contributed by atoms with Crippen molar-refractivity contribution in [3.63, 3.8) is 0 Å². The van der Waals surface area contributed by atoms with E-state index in [1.807, 2.05) is 0 Å². The van der Waals surface area contributed by atoms with Crippen molar-refractivity contribution in [1.29, 1.82) is 0 Å². The third-order valence-corrected chi connectivity index (χ3v) is 2.09. The number of sulfonamides is 1. The molecule has 0 fully saturated rings. The molecule has 0 bridgehead atoms. The van der Waals surface area contributed by atoms with E-state index in [9.17, 15) is 22.0 Å². The van der Waals surface area contributed by atoms with Gasteiger partial charge in [-0.3, -0.25) is 4.79 Å². The highest BCUT2D eigenvalue weighted by Gasteiger charge is 2.31. The lowest BCUT2D eigenvalue weighted by molar-refractivity contribution is -0.126. The molecule has 0 aliphatic carbocycles. The standard InChI is InChI=1S/C6H11F2NO3S/c1-6(2,3)4(10)9-13(11,12)5(7)8/h5H,1-3H3,(H,9,10). The number of carbonyl (C=O) groups is 1. The predicted octanol–water partition coefficient (Wildman–Crippen LogP) is 0.701. The van der Waals surface area contributed by atoms with E-state index in [2.05, 4.69) is 0 Å². The summed E-state index contributed by atoms with van der Waals surface area (Å²) >= 11 is 0. The van der Waals surface area contributed by atoms with Crippen LogP contribution < -0.4 is 4.72 Å². The summed E-state index contributed by atoms with van der Waals surface area (Å²) in [7, 11) is -4.81. The van der Waals surface area contributed by atoms with Crippen LogP contribution in [-0.4, -0.2) is 20.1 Å². The fourth-order valence-corrected chi connectivity index (χ4v) is 0.981. The number of rotatable bonds is 2. The van der Waals surface area contributed by atoms with Gasteiger partial charge in [-0.2, -0.15) is 8.78 Å². The Labute approximate surface area is 75.4 Å². The molecule has 13 heavy (non-hydrogen) atoms. The maximum Gasteiger partial charge on any atom is 0.355 e. The summed E-state index contributed by atoms with van der Waals surface area (Å²) in [5, 5.41) is 0. The largest absolute Gasteiger partial charge is 0.355 e. The lowest BCUT2D eigenvalue weighted by Gasteiger charge is -2.16. The van der Waals surface area contributed by atoms with Crippen LogP contribution in [0.5, 0.6) is 0 Å². The fourth-order valence-electron chi connectivity index (χ4n) is 0.327. The Kier molecular flexibility index (Phi) is 3.37. The minimum absolute atomic E-state index is 0.951. The number of halogens is 2. The zero-order chi connectivity index (χ0) is 10.9. The zero-order valence-corrected chi connectivity index (χ0v) is 8.28. The number of amides is 1. The third-order valence-electron chi connectivity index (χ3n) is 1.15. The van der Waals surface area contributed by atoms with Gasteiger partial charge in [0.15, 0.2) is 0 Å². The van der Waals surface area contributed by atoms with E-state index >= 15 is 0 Å². The SMILES string of the molecule is CC(C)(C)C(=O)NS(=O)(=O)C(F)F. The molecule has 0 aromatic rings. The van der Waals surface area contributed by atoms with E-state index in [4.69, 9.17) is 0 Å². The first-order valence-electron chi connectivity index (χ1n) is 3.41. The first-order chi connectivity index (χ1) is 5.57. The second kappa shape index (κ2) is 3.57. The summed E-state index contributed by atoms with van der Waals surface area (Å²) in [6.45, 7) is 4.26. The van der Waals surface area contributed by atoms with Crippen LogP contribution in [-0.2, 0) is 14.8 Å². The Morgan fingerprint density at radius 2 is 1.69 bits per heavy atom. The van der Waals surface area contributed by atoms with Crippen LogP contribution in [0, 0.1) is 5.41 Å². The minimum atomic E-state index is -4.81. The molecular weight excluding hydrogens is 204 g/mol. The molecule has 1 N–H and O–H groups in total. The highest BCUT2D eigenvalue weighted by molar-refractivity contribution is 7.90. The Hall–Kier alpha value is -0.720. The van der Waals surface area contributed by atoms with Crippen LogP contribution in [0.4, 0.5) is 8.78 Å². The first kappa shape index (κ1) is 12.3. The summed E-state index contributed by atoms with van der Waals surface area (Å²) in [4.78, 5) is 11.0. The molecule has 7 heteroatoms. The average Bonchev–Trinajstić information content (AvgIpc) is 1.83. The lowest BCUT2D eigenvalue weighted by atomic mass is 9.96. The van der Waals surface area contributed by atoms with E-state index in [0.29, 0.717) is 0 Å². The molecule has 0 radical (unpaired) electrons. The summed E-state index contributed by atoms with van der Waals surface area (Å²) in [5.74, 6) is -4.54. The molecule has 4 nitrogen and oxygen atoms in total. The highest BCUT2D eigenvalue weighted by atomic mass is 32.2. The van der Waals surface area contributed by atoms with E-state index in [0.717, 1.165) is 0 Å². The van der Waals surface area contributed by atoms with E-state index in [-0.39, 0.29) is 0 Å². The average molecular weight is 215 g/mol. The fraction of sp³-hybridized carbons (Fsp3) is 0.833. The quantitative estimate of drug-likeness (QED) is 0.737. The molecule has 0 unspecified atom stereocenters. The van der Waals surface area contributed by atoms with Gasteiger partial charge in [0.25, 0.3) is 10.0 Å². The van der Waals surface area contributed by atoms with Gasteiger partial charge in [0.05, 0.1) is 0 Å². The predicted molar refractivity (Wildman–Crippen MR) is 42.5 cm³/mol. The van der Waals surface area contributed by atoms with Crippen molar-refractivity contribution >= 4 is 15.9 Å². The monoisotopic (exact) mass is 215 g/mol. The van der Waals surface area contributed by atoms with Gasteiger partial charge in [-0.05, 0) is 0 Å². The van der Waals surface area contributed by atoms with Crippen molar-refractivity contribution in [2.75, 3.05) is 0 Å². The van der Waals surface area contributed by atoms with Crippen LogP contribution in [0.1, 0.15) is 20.8 Å². The minimum Gasteiger partial charge on any atom is -0.273 e. The molecule has 0 spiro atoms. The van der Waals surface area contributed by atoms with Crippen molar-refractivity contribution in [1.82, 2.24) is 4.72 Å². The number of hydrogen-bond acceptors (Lipinski definition) is 3. The van der Waals surface area contributed by atoms with Gasteiger partial charge in [-0.15, -0.1) is 0 Å². The van der Waals surface area contributed by atoms with E-state index in [1.54, 1.807) is 0 Å². The maximum atomic E-state index is 11.8. The van der Waals surface area contributed by atoms with Crippen LogP contribution in [0.3, 0.4) is 0 Å². The van der Waals surface area contributed by atoms with Crippen molar-refractivity contribution in [3.05, 3.63) is 0 Å². The molecule has 0 aromatic heterocycles. The second-order valence-electron chi connectivity index (χ2n) is 3.49. The molecule has 0 atom stereocenters. The van der Waals surface area contributed by atoms with Crippen molar-refractivity contribution in [2.24, 2.45) is 5.41 Å². The van der Waals surface area contributed by atoms with Crippen LogP contribution in [0.15, 0.2) is 0 Å². The maximum absolute atomic E-state index is 11.8. The first-order valence-corrected chi connectivity index (χ1v) is 4.96. The summed E-state index contributed by atoms with van der Waals surface area (Å²) in [5.41, 5.74) is -1.01. The van der Waals surface area contributed by atoms with E-state index < -0.39 is 27.1 Å². The molecule has 0 saturated heterocycles. The number of hydrogen-bond donors (Lipinski definition) is 1. The molecule has 0 rings (SSSR count). The molecule has 1 amide bonds. The van der Waals surface area contributed by atoms with Gasteiger partial charge in [0.1, 0.15) is 0 Å². The van der Waals surface area contributed by atoms with Crippen molar-refractivity contribution < 1.29 is 22.0 Å². The second-order valence-corrected chi connectivity index (χ2v) is 5.14. The molecule has 0 saturated carbocycles. The van der Waals surface area contributed by atoms with Gasteiger partial charge in [-0.25, -0.2) is 13.1 Å². The van der Waals surface area contributed by atoms with Crippen molar-refractivity contribution in [2.45, 2.75) is 26.5 Å². The molecule has 0 heterocycles. The summed E-state index contributed by atoms with van der Waals surface area (Å²) < 4.78 is 45.8. The zero-order valence-electron chi connectivity index (χ0n) is 7.47. The molecule has 0 aromatic carbocycles. The highest BCUT2D eigenvalue weighted by Crippen LogP contribution is 2.14. The topological polar surface area (TPSA) is 63.2 Å². The van der Waals surface area contributed by atoms with Gasteiger partial charge >= 0.3 is 5.76 Å². The lowest BCUT2D eigenvalue weighted by Crippen LogP contribution is -2.41. The van der Waals surface area contributed by atoms with E-state index in [1.165, 1.54) is 25.5 Å². The molecule has 78 valence electrons. The van der Waals surface area contributed by atoms with Gasteiger partial charge < -0.3 is 0 Å². The summed E-state index contributed by atoms with van der Waals surface area (Å²) in [6, 6.07) is 0. The Morgan fingerprint density at radius 3 is 1.92 bits per heavy atom. The smallest absolute Gasteiger partial charge is 0.273 e. The summed E-state index contributed by atoms with van der Waals surface area (Å²) in [6.07, 6.45) is 0. The Bertz CT molecular complexity index is 291. The molecular formula is C6H11F2NO3S. The van der Waals surface area contributed by atoms with Crippen LogP contribution in [0.25, 0.3) is 0 Å². The van der Waals surface area contributed by atoms with Gasteiger partial charge in [0.2, 0.25) is 5.91 Å². The Balaban J connectivity index is 4.58.